The number of rotatable bonds is 7. The zero-order valence-electron chi connectivity index (χ0n) is 17.5. The summed E-state index contributed by atoms with van der Waals surface area (Å²) in [6.45, 7) is 7.40. The number of halogens is 1. The molecule has 2 atom stereocenters. The van der Waals surface area contributed by atoms with Gasteiger partial charge in [-0.1, -0.05) is 49.4 Å². The molecule has 1 aromatic rings. The number of nitrogens with zero attached hydrogens (tertiary/aromatic N) is 2. The Morgan fingerprint density at radius 2 is 1.86 bits per heavy atom. The molecule has 0 spiro atoms. The van der Waals surface area contributed by atoms with Crippen molar-refractivity contribution in [3.63, 3.8) is 0 Å². The van der Waals surface area contributed by atoms with Gasteiger partial charge in [0, 0.05) is 43.3 Å². The first kappa shape index (κ1) is 21.6. The van der Waals surface area contributed by atoms with Crippen LogP contribution in [0, 0.1) is 0 Å². The van der Waals surface area contributed by atoms with E-state index >= 15 is 0 Å². The van der Waals surface area contributed by atoms with E-state index in [1.54, 1.807) is 0 Å². The normalized spacial score (nSPS) is 24.2. The van der Waals surface area contributed by atoms with Crippen LogP contribution in [0.15, 0.2) is 24.3 Å². The molecule has 2 fully saturated rings. The summed E-state index contributed by atoms with van der Waals surface area (Å²) in [4.78, 5) is 17.5. The lowest BCUT2D eigenvalue weighted by molar-refractivity contribution is -0.135. The molecule has 0 bridgehead atoms. The van der Waals surface area contributed by atoms with Gasteiger partial charge in [0.25, 0.3) is 0 Å². The number of nitrogens with one attached hydrogen (secondary N) is 1. The van der Waals surface area contributed by atoms with Gasteiger partial charge >= 0.3 is 0 Å². The van der Waals surface area contributed by atoms with Crippen molar-refractivity contribution in [1.29, 1.82) is 0 Å². The summed E-state index contributed by atoms with van der Waals surface area (Å²) in [5.74, 6) is 0.275. The Balaban J connectivity index is 1.70. The van der Waals surface area contributed by atoms with Crippen molar-refractivity contribution in [1.82, 2.24) is 15.1 Å². The van der Waals surface area contributed by atoms with Gasteiger partial charge in [0.1, 0.15) is 0 Å². The smallest absolute Gasteiger partial charge is 0.239 e. The number of hydrogen-bond acceptors (Lipinski definition) is 3. The lowest BCUT2D eigenvalue weighted by Gasteiger charge is -2.28. The Kier molecular flexibility index (Phi) is 8.19. The fraction of sp³-hybridized carbons (Fsp3) is 0.696. The van der Waals surface area contributed by atoms with Crippen molar-refractivity contribution >= 4 is 17.5 Å². The molecule has 0 unspecified atom stereocenters. The van der Waals surface area contributed by atoms with Crippen LogP contribution in [0.4, 0.5) is 0 Å². The van der Waals surface area contributed by atoms with Gasteiger partial charge in [-0.05, 0) is 50.8 Å². The van der Waals surface area contributed by atoms with Crippen LogP contribution in [-0.4, -0.2) is 53.5 Å². The fourth-order valence-corrected chi connectivity index (χ4v) is 5.06. The molecule has 1 aromatic carbocycles. The minimum absolute atomic E-state index is 0.0397. The first-order valence-corrected chi connectivity index (χ1v) is 11.5. The highest BCUT2D eigenvalue weighted by molar-refractivity contribution is 6.30. The van der Waals surface area contributed by atoms with E-state index in [4.69, 9.17) is 11.6 Å². The maximum absolute atomic E-state index is 13.2. The summed E-state index contributed by atoms with van der Waals surface area (Å²) in [6, 6.07) is 9.00. The largest absolute Gasteiger partial charge is 0.342 e. The molecule has 1 aliphatic carbocycles. The molecule has 1 saturated heterocycles. The second-order valence-electron chi connectivity index (χ2n) is 8.37. The minimum Gasteiger partial charge on any atom is -0.342 e. The SMILES string of the molecule is CCN(CC)C(=O)[C@@H]1C[C@@H](NC2CCCCCC2)CN1Cc1cccc(Cl)c1. The van der Waals surface area contributed by atoms with Crippen molar-refractivity contribution in [3.8, 4) is 0 Å². The Morgan fingerprint density at radius 3 is 2.50 bits per heavy atom. The van der Waals surface area contributed by atoms with E-state index < -0.39 is 0 Å². The van der Waals surface area contributed by atoms with Crippen LogP contribution in [0.3, 0.4) is 0 Å². The van der Waals surface area contributed by atoms with Gasteiger partial charge < -0.3 is 10.2 Å². The molecule has 156 valence electrons. The Bertz CT molecular complexity index is 626. The number of likely N-dealkylation sites (N-methyl/N-ethyl adjacent to an activating group) is 1. The van der Waals surface area contributed by atoms with Crippen LogP contribution in [-0.2, 0) is 11.3 Å². The van der Waals surface area contributed by atoms with Crippen LogP contribution < -0.4 is 5.32 Å². The lowest BCUT2D eigenvalue weighted by Crippen LogP contribution is -2.45. The van der Waals surface area contributed by atoms with E-state index in [9.17, 15) is 4.79 Å². The molecule has 1 saturated carbocycles. The van der Waals surface area contributed by atoms with Gasteiger partial charge in [-0.15, -0.1) is 0 Å². The summed E-state index contributed by atoms with van der Waals surface area (Å²) >= 11 is 6.19. The molecule has 4 nitrogen and oxygen atoms in total. The average molecular weight is 406 g/mol. The van der Waals surface area contributed by atoms with Gasteiger partial charge in [0.05, 0.1) is 6.04 Å². The van der Waals surface area contributed by atoms with Crippen molar-refractivity contribution in [2.75, 3.05) is 19.6 Å². The Hall–Kier alpha value is -1.10. The number of hydrogen-bond donors (Lipinski definition) is 1. The van der Waals surface area contributed by atoms with Crippen LogP contribution in [0.5, 0.6) is 0 Å². The molecule has 2 aliphatic rings. The first-order valence-electron chi connectivity index (χ1n) is 11.1. The van der Waals surface area contributed by atoms with E-state index in [2.05, 4.69) is 30.1 Å². The predicted molar refractivity (Wildman–Crippen MR) is 117 cm³/mol. The van der Waals surface area contributed by atoms with E-state index in [1.165, 1.54) is 44.1 Å². The molecular weight excluding hydrogens is 370 g/mol. The molecule has 0 radical (unpaired) electrons. The van der Waals surface area contributed by atoms with Gasteiger partial charge in [-0.2, -0.15) is 0 Å². The van der Waals surface area contributed by atoms with E-state index in [-0.39, 0.29) is 11.9 Å². The number of benzene rings is 1. The third-order valence-corrected chi connectivity index (χ3v) is 6.60. The zero-order chi connectivity index (χ0) is 19.9. The second kappa shape index (κ2) is 10.6. The van der Waals surface area contributed by atoms with Crippen molar-refractivity contribution in [2.45, 2.75) is 83.5 Å². The van der Waals surface area contributed by atoms with Gasteiger partial charge in [-0.3, -0.25) is 9.69 Å². The summed E-state index contributed by atoms with van der Waals surface area (Å²) in [7, 11) is 0. The van der Waals surface area contributed by atoms with Crippen LogP contribution in [0.1, 0.15) is 64.4 Å². The number of carbonyl (C=O) groups is 1. The van der Waals surface area contributed by atoms with E-state index in [0.717, 1.165) is 37.6 Å². The summed E-state index contributed by atoms with van der Waals surface area (Å²) < 4.78 is 0. The molecule has 1 N–H and O–H groups in total. The van der Waals surface area contributed by atoms with Crippen molar-refractivity contribution in [3.05, 3.63) is 34.9 Å². The predicted octanol–water partition coefficient (Wildman–Crippen LogP) is 4.46. The lowest BCUT2D eigenvalue weighted by atomic mass is 10.1. The van der Waals surface area contributed by atoms with Crippen LogP contribution in [0.2, 0.25) is 5.02 Å². The minimum atomic E-state index is -0.0397. The highest BCUT2D eigenvalue weighted by Gasteiger charge is 2.38. The molecule has 1 amide bonds. The summed E-state index contributed by atoms with van der Waals surface area (Å²) in [5.41, 5.74) is 1.18. The zero-order valence-corrected chi connectivity index (χ0v) is 18.3. The van der Waals surface area contributed by atoms with Crippen LogP contribution >= 0.6 is 11.6 Å². The molecule has 3 rings (SSSR count). The van der Waals surface area contributed by atoms with Crippen molar-refractivity contribution in [2.24, 2.45) is 0 Å². The van der Waals surface area contributed by atoms with E-state index in [0.29, 0.717) is 12.1 Å². The maximum Gasteiger partial charge on any atom is 0.239 e. The highest BCUT2D eigenvalue weighted by Crippen LogP contribution is 2.26. The van der Waals surface area contributed by atoms with Gasteiger partial charge in [-0.25, -0.2) is 0 Å². The average Bonchev–Trinajstić information content (AvgIpc) is 2.88. The topological polar surface area (TPSA) is 35.6 Å². The third kappa shape index (κ3) is 5.71. The quantitative estimate of drug-likeness (QED) is 0.680. The summed E-state index contributed by atoms with van der Waals surface area (Å²) in [5, 5.41) is 4.67. The van der Waals surface area contributed by atoms with Crippen molar-refractivity contribution < 1.29 is 4.79 Å². The molecule has 28 heavy (non-hydrogen) atoms. The maximum atomic E-state index is 13.2. The standard InChI is InChI=1S/C23H36ClN3O/c1-3-26(4-2)23(28)22-15-21(25-20-12-7-5-6-8-13-20)17-27(22)16-18-10-9-11-19(24)14-18/h9-11,14,20-22,25H,3-8,12-13,15-17H2,1-2H3/t21-,22+/m1/s1. The second-order valence-corrected chi connectivity index (χ2v) is 8.81. The van der Waals surface area contributed by atoms with Crippen LogP contribution in [0.25, 0.3) is 0 Å². The Morgan fingerprint density at radius 1 is 1.14 bits per heavy atom. The molecule has 0 aromatic heterocycles. The monoisotopic (exact) mass is 405 g/mol. The third-order valence-electron chi connectivity index (χ3n) is 6.36. The highest BCUT2D eigenvalue weighted by atomic mass is 35.5. The fourth-order valence-electron chi connectivity index (χ4n) is 4.85. The van der Waals surface area contributed by atoms with E-state index in [1.807, 2.05) is 23.1 Å². The first-order chi connectivity index (χ1) is 13.6. The number of likely N-dealkylation sites (tertiary alicyclic amines) is 1. The van der Waals surface area contributed by atoms with Gasteiger partial charge in [0.2, 0.25) is 5.91 Å². The molecular formula is C23H36ClN3O. The Labute approximate surface area is 175 Å². The molecule has 5 heteroatoms. The number of carbonyl (C=O) groups excluding carboxylic acids is 1. The molecule has 1 heterocycles. The summed E-state index contributed by atoms with van der Waals surface area (Å²) in [6.07, 6.45) is 8.86. The molecule has 1 aliphatic heterocycles. The number of amides is 1. The van der Waals surface area contributed by atoms with Gasteiger partial charge in [0.15, 0.2) is 0 Å².